The van der Waals surface area contributed by atoms with Gasteiger partial charge in [-0.3, -0.25) is 4.79 Å². The van der Waals surface area contributed by atoms with Crippen LogP contribution in [0.15, 0.2) is 53.3 Å². The molecule has 1 atom stereocenters. The number of nitrogens with one attached hydrogen (secondary N) is 1. The molecular weight excluding hydrogens is 342 g/mol. The van der Waals surface area contributed by atoms with Gasteiger partial charge < -0.3 is 14.7 Å². The lowest BCUT2D eigenvalue weighted by Gasteiger charge is -2.32. The van der Waals surface area contributed by atoms with Crippen molar-refractivity contribution in [2.45, 2.75) is 25.7 Å². The van der Waals surface area contributed by atoms with Crippen LogP contribution in [0.25, 0.3) is 0 Å². The second-order valence-corrected chi connectivity index (χ2v) is 6.73. The fraction of sp³-hybridized carbons (Fsp3) is 0.300. The highest BCUT2D eigenvalue weighted by atomic mass is 16.5. The van der Waals surface area contributed by atoms with Gasteiger partial charge in [0.05, 0.1) is 0 Å². The minimum Gasteiger partial charge on any atom is -0.361 e. The number of hydrogen-bond donors (Lipinski definition) is 1. The molecule has 138 valence electrons. The number of likely N-dealkylation sites (tertiary alicyclic amines) is 1. The molecule has 27 heavy (non-hydrogen) atoms. The highest BCUT2D eigenvalue weighted by Crippen LogP contribution is 2.29. The zero-order chi connectivity index (χ0) is 18.6. The van der Waals surface area contributed by atoms with Crippen molar-refractivity contribution in [2.75, 3.05) is 18.4 Å². The average Bonchev–Trinajstić information content (AvgIpc) is 3.15. The topological polar surface area (TPSA) is 84.2 Å². The first-order valence-corrected chi connectivity index (χ1v) is 9.05. The first kappa shape index (κ1) is 17.2. The molecule has 7 nitrogen and oxygen atoms in total. The Morgan fingerprint density at radius 3 is 2.85 bits per heavy atom. The molecule has 1 aliphatic rings. The van der Waals surface area contributed by atoms with Gasteiger partial charge in [-0.2, -0.15) is 0 Å². The van der Waals surface area contributed by atoms with E-state index in [1.807, 2.05) is 35.2 Å². The molecule has 3 aromatic rings. The normalized spacial score (nSPS) is 16.9. The lowest BCUT2D eigenvalue weighted by Crippen LogP contribution is -2.39. The summed E-state index contributed by atoms with van der Waals surface area (Å²) < 4.78 is 5.04. The van der Waals surface area contributed by atoms with Crippen LogP contribution < -0.4 is 5.32 Å². The molecule has 3 aromatic heterocycles. The Balaban J connectivity index is 1.48. The van der Waals surface area contributed by atoms with E-state index in [4.69, 9.17) is 4.52 Å². The SMILES string of the molecule is Cc1cc(C(=O)N2CCC[C@H](c3ccnc(Nc4ccccn4)c3)C2)no1. The standard InChI is InChI=1S/C20H21N5O2/c1-14-11-17(24-27-14)20(26)25-10-4-5-16(13-25)15-7-9-22-19(12-15)23-18-6-2-3-8-21-18/h2-3,6-9,11-12,16H,4-5,10,13H2,1H3,(H,21,22,23)/t16-/m0/s1. The van der Waals surface area contributed by atoms with Crippen LogP contribution in [-0.4, -0.2) is 39.0 Å². The van der Waals surface area contributed by atoms with E-state index in [0.29, 0.717) is 18.0 Å². The molecule has 0 spiro atoms. The second kappa shape index (κ2) is 7.57. The van der Waals surface area contributed by atoms with E-state index >= 15 is 0 Å². The van der Waals surface area contributed by atoms with Crippen molar-refractivity contribution in [1.82, 2.24) is 20.0 Å². The van der Waals surface area contributed by atoms with Crippen LogP contribution in [0.1, 0.15) is 40.6 Å². The first-order valence-electron chi connectivity index (χ1n) is 9.05. The summed E-state index contributed by atoms with van der Waals surface area (Å²) in [5.74, 6) is 2.34. The molecule has 1 saturated heterocycles. The Morgan fingerprint density at radius 2 is 2.07 bits per heavy atom. The fourth-order valence-electron chi connectivity index (χ4n) is 3.40. The largest absolute Gasteiger partial charge is 0.361 e. The average molecular weight is 363 g/mol. The summed E-state index contributed by atoms with van der Waals surface area (Å²) in [6, 6.07) is 11.4. The molecule has 0 bridgehead atoms. The Kier molecular flexibility index (Phi) is 4.82. The maximum absolute atomic E-state index is 12.7. The summed E-state index contributed by atoms with van der Waals surface area (Å²) in [7, 11) is 0. The maximum Gasteiger partial charge on any atom is 0.276 e. The van der Waals surface area contributed by atoms with Crippen LogP contribution in [0.4, 0.5) is 11.6 Å². The number of carbonyl (C=O) groups is 1. The summed E-state index contributed by atoms with van der Waals surface area (Å²) in [4.78, 5) is 23.2. The summed E-state index contributed by atoms with van der Waals surface area (Å²) in [6.07, 6.45) is 5.53. The van der Waals surface area contributed by atoms with E-state index in [9.17, 15) is 4.79 Å². The third-order valence-corrected chi connectivity index (χ3v) is 4.73. The number of carbonyl (C=O) groups excluding carboxylic acids is 1. The van der Waals surface area contributed by atoms with Crippen molar-refractivity contribution < 1.29 is 9.32 Å². The second-order valence-electron chi connectivity index (χ2n) is 6.73. The van der Waals surface area contributed by atoms with Crippen LogP contribution in [-0.2, 0) is 0 Å². The van der Waals surface area contributed by atoms with Gasteiger partial charge in [-0.25, -0.2) is 9.97 Å². The van der Waals surface area contributed by atoms with E-state index in [-0.39, 0.29) is 11.8 Å². The van der Waals surface area contributed by atoms with Crippen molar-refractivity contribution in [3.8, 4) is 0 Å². The van der Waals surface area contributed by atoms with E-state index in [2.05, 4.69) is 20.4 Å². The minimum atomic E-state index is -0.0718. The highest BCUT2D eigenvalue weighted by Gasteiger charge is 2.27. The van der Waals surface area contributed by atoms with Crippen LogP contribution in [0, 0.1) is 6.92 Å². The quantitative estimate of drug-likeness (QED) is 0.763. The molecule has 0 aliphatic carbocycles. The molecule has 1 N–H and O–H groups in total. The Labute approximate surface area is 157 Å². The number of aryl methyl sites for hydroxylation is 1. The molecule has 4 rings (SSSR count). The van der Waals surface area contributed by atoms with E-state index in [1.165, 1.54) is 0 Å². The molecule has 0 radical (unpaired) electrons. The summed E-state index contributed by atoms with van der Waals surface area (Å²) >= 11 is 0. The van der Waals surface area contributed by atoms with E-state index in [0.717, 1.165) is 36.6 Å². The van der Waals surface area contributed by atoms with Gasteiger partial charge in [-0.15, -0.1) is 0 Å². The van der Waals surface area contributed by atoms with Crippen LogP contribution in [0.5, 0.6) is 0 Å². The molecule has 1 fully saturated rings. The van der Waals surface area contributed by atoms with Gasteiger partial charge in [0.15, 0.2) is 5.69 Å². The van der Waals surface area contributed by atoms with Crippen molar-refractivity contribution in [1.29, 1.82) is 0 Å². The first-order chi connectivity index (χ1) is 13.2. The number of rotatable bonds is 4. The van der Waals surface area contributed by atoms with E-state index in [1.54, 1.807) is 25.4 Å². The predicted octanol–water partition coefficient (Wildman–Crippen LogP) is 3.54. The summed E-state index contributed by atoms with van der Waals surface area (Å²) in [5.41, 5.74) is 1.54. The van der Waals surface area contributed by atoms with Gasteiger partial charge >= 0.3 is 0 Å². The van der Waals surface area contributed by atoms with Crippen LogP contribution >= 0.6 is 0 Å². The third kappa shape index (κ3) is 3.97. The van der Waals surface area contributed by atoms with Gasteiger partial charge in [0.1, 0.15) is 17.4 Å². The van der Waals surface area contributed by atoms with Gasteiger partial charge in [0.25, 0.3) is 5.91 Å². The number of piperidine rings is 1. The Bertz CT molecular complexity index is 925. The van der Waals surface area contributed by atoms with Crippen molar-refractivity contribution in [3.05, 3.63) is 65.8 Å². The Hall–Kier alpha value is -3.22. The van der Waals surface area contributed by atoms with Gasteiger partial charge in [0, 0.05) is 37.5 Å². The number of nitrogens with zero attached hydrogens (tertiary/aromatic N) is 4. The lowest BCUT2D eigenvalue weighted by molar-refractivity contribution is 0.0696. The number of aromatic nitrogens is 3. The third-order valence-electron chi connectivity index (χ3n) is 4.73. The Morgan fingerprint density at radius 1 is 1.19 bits per heavy atom. The van der Waals surface area contributed by atoms with Crippen molar-refractivity contribution in [2.24, 2.45) is 0 Å². The number of hydrogen-bond acceptors (Lipinski definition) is 6. The lowest BCUT2D eigenvalue weighted by atomic mass is 9.91. The van der Waals surface area contributed by atoms with Gasteiger partial charge in [-0.1, -0.05) is 11.2 Å². The molecule has 7 heteroatoms. The monoisotopic (exact) mass is 363 g/mol. The number of anilines is 2. The van der Waals surface area contributed by atoms with Crippen molar-refractivity contribution in [3.63, 3.8) is 0 Å². The molecule has 0 unspecified atom stereocenters. The van der Waals surface area contributed by atoms with Crippen molar-refractivity contribution >= 4 is 17.5 Å². The molecule has 4 heterocycles. The minimum absolute atomic E-state index is 0.0718. The number of amides is 1. The molecule has 0 saturated carbocycles. The highest BCUT2D eigenvalue weighted by molar-refractivity contribution is 5.92. The zero-order valence-electron chi connectivity index (χ0n) is 15.1. The van der Waals surface area contributed by atoms with Gasteiger partial charge in [-0.05, 0) is 49.6 Å². The molecule has 1 amide bonds. The smallest absolute Gasteiger partial charge is 0.276 e. The van der Waals surface area contributed by atoms with E-state index < -0.39 is 0 Å². The summed E-state index contributed by atoms with van der Waals surface area (Å²) in [5, 5.41) is 7.08. The summed E-state index contributed by atoms with van der Waals surface area (Å²) in [6.45, 7) is 3.19. The van der Waals surface area contributed by atoms with Crippen LogP contribution in [0.2, 0.25) is 0 Å². The molecule has 0 aromatic carbocycles. The zero-order valence-corrected chi connectivity index (χ0v) is 15.1. The fourth-order valence-corrected chi connectivity index (χ4v) is 3.40. The molecular formula is C20H21N5O2. The predicted molar refractivity (Wildman–Crippen MR) is 101 cm³/mol. The van der Waals surface area contributed by atoms with Crippen LogP contribution in [0.3, 0.4) is 0 Å². The number of pyridine rings is 2. The maximum atomic E-state index is 12.7. The molecule has 1 aliphatic heterocycles. The van der Waals surface area contributed by atoms with Gasteiger partial charge in [0.2, 0.25) is 0 Å².